The first-order valence-corrected chi connectivity index (χ1v) is 3.86. The fraction of sp³-hybridized carbons (Fsp3) is 0.556. The molecule has 0 saturated heterocycles. The Morgan fingerprint density at radius 3 is 3.20 bits per heavy atom. The minimum atomic E-state index is 0.892. The molecular weight excluding hydrogens is 124 g/mol. The maximum atomic E-state index is 5.33. The van der Waals surface area contributed by atoms with Gasteiger partial charge in [0.2, 0.25) is 0 Å². The molecule has 1 heterocycles. The summed E-state index contributed by atoms with van der Waals surface area (Å²) in [5, 5.41) is 0. The van der Waals surface area contributed by atoms with Gasteiger partial charge < -0.3 is 4.74 Å². The van der Waals surface area contributed by atoms with Gasteiger partial charge in [0.25, 0.3) is 0 Å². The van der Waals surface area contributed by atoms with E-state index < -0.39 is 0 Å². The van der Waals surface area contributed by atoms with Crippen molar-refractivity contribution in [1.82, 2.24) is 0 Å². The van der Waals surface area contributed by atoms with Crippen molar-refractivity contribution in [2.45, 2.75) is 25.7 Å². The molecule has 0 fully saturated rings. The molecule has 1 rings (SSSR count). The number of allylic oxidation sites excluding steroid dienone is 2. The van der Waals surface area contributed by atoms with Crippen LogP contribution in [-0.2, 0) is 4.74 Å². The molecule has 0 aromatic rings. The smallest absolute Gasteiger partial charge is 0.0921 e. The molecule has 0 saturated carbocycles. The van der Waals surface area contributed by atoms with Crippen LogP contribution in [0, 0.1) is 0 Å². The molecule has 56 valence electrons. The van der Waals surface area contributed by atoms with Gasteiger partial charge in [-0.25, -0.2) is 0 Å². The molecule has 1 aliphatic heterocycles. The minimum absolute atomic E-state index is 0.892. The lowest BCUT2D eigenvalue weighted by Crippen LogP contribution is -1.84. The minimum Gasteiger partial charge on any atom is -0.498 e. The Morgan fingerprint density at radius 2 is 2.60 bits per heavy atom. The van der Waals surface area contributed by atoms with Crippen LogP contribution in [0.1, 0.15) is 25.7 Å². The van der Waals surface area contributed by atoms with Crippen LogP contribution < -0.4 is 0 Å². The summed E-state index contributed by atoms with van der Waals surface area (Å²) in [7, 11) is 0. The lowest BCUT2D eigenvalue weighted by molar-refractivity contribution is 0.233. The lowest BCUT2D eigenvalue weighted by Gasteiger charge is -2.00. The Hall–Kier alpha value is -0.720. The van der Waals surface area contributed by atoms with E-state index >= 15 is 0 Å². The van der Waals surface area contributed by atoms with Gasteiger partial charge in [-0.3, -0.25) is 0 Å². The van der Waals surface area contributed by atoms with E-state index in [1.807, 2.05) is 6.08 Å². The highest BCUT2D eigenvalue weighted by molar-refractivity contribution is 4.97. The van der Waals surface area contributed by atoms with Gasteiger partial charge in [0, 0.05) is 12.8 Å². The lowest BCUT2D eigenvalue weighted by atomic mass is 10.2. The Kier molecular flexibility index (Phi) is 3.07. The highest BCUT2D eigenvalue weighted by Crippen LogP contribution is 2.15. The molecule has 1 aliphatic rings. The van der Waals surface area contributed by atoms with Crippen LogP contribution in [-0.4, -0.2) is 6.61 Å². The largest absolute Gasteiger partial charge is 0.498 e. The molecule has 0 amide bonds. The van der Waals surface area contributed by atoms with Crippen molar-refractivity contribution in [2.24, 2.45) is 0 Å². The predicted octanol–water partition coefficient (Wildman–Crippen LogP) is 2.65. The first-order chi connectivity index (χ1) is 4.93. The molecule has 1 heteroatoms. The Morgan fingerprint density at radius 1 is 1.70 bits per heavy atom. The van der Waals surface area contributed by atoms with Crippen molar-refractivity contribution in [3.63, 3.8) is 0 Å². The van der Waals surface area contributed by atoms with Gasteiger partial charge in [-0.1, -0.05) is 6.08 Å². The first-order valence-electron chi connectivity index (χ1n) is 3.86. The standard InChI is InChI=1S/C9H14O/c1-2-3-4-6-9-7-5-8-10-9/h2,7H,1,3-6,8H2. The van der Waals surface area contributed by atoms with E-state index in [4.69, 9.17) is 4.74 Å². The van der Waals surface area contributed by atoms with Crippen LogP contribution in [0.15, 0.2) is 24.5 Å². The van der Waals surface area contributed by atoms with Gasteiger partial charge in [0.1, 0.15) is 0 Å². The van der Waals surface area contributed by atoms with Gasteiger partial charge in [-0.2, -0.15) is 0 Å². The van der Waals surface area contributed by atoms with Crippen LogP contribution in [0.3, 0.4) is 0 Å². The highest BCUT2D eigenvalue weighted by Gasteiger charge is 2.02. The van der Waals surface area contributed by atoms with E-state index in [0.29, 0.717) is 0 Å². The van der Waals surface area contributed by atoms with Crippen molar-refractivity contribution in [3.05, 3.63) is 24.5 Å². The summed E-state index contributed by atoms with van der Waals surface area (Å²) in [4.78, 5) is 0. The Bertz CT molecular complexity index is 136. The topological polar surface area (TPSA) is 9.23 Å². The molecule has 0 aromatic carbocycles. The van der Waals surface area contributed by atoms with E-state index in [0.717, 1.165) is 25.9 Å². The van der Waals surface area contributed by atoms with Gasteiger partial charge >= 0.3 is 0 Å². The molecule has 0 radical (unpaired) electrons. The fourth-order valence-corrected chi connectivity index (χ4v) is 1.06. The maximum Gasteiger partial charge on any atom is 0.0921 e. The van der Waals surface area contributed by atoms with E-state index in [9.17, 15) is 0 Å². The zero-order valence-corrected chi connectivity index (χ0v) is 6.31. The zero-order chi connectivity index (χ0) is 7.23. The molecule has 0 N–H and O–H groups in total. The van der Waals surface area contributed by atoms with Crippen molar-refractivity contribution >= 4 is 0 Å². The third kappa shape index (κ3) is 2.26. The monoisotopic (exact) mass is 138 g/mol. The summed E-state index contributed by atoms with van der Waals surface area (Å²) >= 11 is 0. The highest BCUT2D eigenvalue weighted by atomic mass is 16.5. The Balaban J connectivity index is 2.06. The maximum absolute atomic E-state index is 5.33. The second-order valence-corrected chi connectivity index (χ2v) is 2.49. The molecule has 0 aromatic heterocycles. The SMILES string of the molecule is C=CCCCC1=CCCO1. The molecule has 0 unspecified atom stereocenters. The second kappa shape index (κ2) is 4.15. The summed E-state index contributed by atoms with van der Waals surface area (Å²) in [5.41, 5.74) is 0. The summed E-state index contributed by atoms with van der Waals surface area (Å²) < 4.78 is 5.33. The van der Waals surface area contributed by atoms with Crippen LogP contribution in [0.2, 0.25) is 0 Å². The van der Waals surface area contributed by atoms with Crippen molar-refractivity contribution in [1.29, 1.82) is 0 Å². The molecule has 0 bridgehead atoms. The second-order valence-electron chi connectivity index (χ2n) is 2.49. The number of ether oxygens (including phenoxy) is 1. The normalized spacial score (nSPS) is 16.2. The number of unbranched alkanes of at least 4 members (excludes halogenated alkanes) is 1. The summed E-state index contributed by atoms with van der Waals surface area (Å²) in [6, 6.07) is 0. The van der Waals surface area contributed by atoms with E-state index in [1.165, 1.54) is 12.2 Å². The van der Waals surface area contributed by atoms with Crippen LogP contribution >= 0.6 is 0 Å². The van der Waals surface area contributed by atoms with Crippen molar-refractivity contribution in [3.8, 4) is 0 Å². The van der Waals surface area contributed by atoms with E-state index in [1.54, 1.807) is 0 Å². The third-order valence-corrected chi connectivity index (χ3v) is 1.61. The van der Waals surface area contributed by atoms with Gasteiger partial charge in [0.05, 0.1) is 12.4 Å². The van der Waals surface area contributed by atoms with Crippen LogP contribution in [0.4, 0.5) is 0 Å². The van der Waals surface area contributed by atoms with Gasteiger partial charge in [0.15, 0.2) is 0 Å². The molecule has 10 heavy (non-hydrogen) atoms. The molecular formula is C9H14O. The summed E-state index contributed by atoms with van der Waals surface area (Å²) in [6.07, 6.45) is 8.60. The van der Waals surface area contributed by atoms with Crippen LogP contribution in [0.25, 0.3) is 0 Å². The number of rotatable bonds is 4. The predicted molar refractivity (Wildman–Crippen MR) is 42.7 cm³/mol. The number of hydrogen-bond donors (Lipinski definition) is 0. The number of hydrogen-bond acceptors (Lipinski definition) is 1. The third-order valence-electron chi connectivity index (χ3n) is 1.61. The van der Waals surface area contributed by atoms with Gasteiger partial charge in [-0.15, -0.1) is 6.58 Å². The van der Waals surface area contributed by atoms with Crippen LogP contribution in [0.5, 0.6) is 0 Å². The molecule has 1 nitrogen and oxygen atoms in total. The fourth-order valence-electron chi connectivity index (χ4n) is 1.06. The Labute approximate surface area is 62.4 Å². The average molecular weight is 138 g/mol. The molecule has 0 aliphatic carbocycles. The summed E-state index contributed by atoms with van der Waals surface area (Å²) in [6.45, 7) is 4.56. The van der Waals surface area contributed by atoms with E-state index in [2.05, 4.69) is 12.7 Å². The van der Waals surface area contributed by atoms with Crippen molar-refractivity contribution < 1.29 is 4.74 Å². The van der Waals surface area contributed by atoms with Crippen molar-refractivity contribution in [2.75, 3.05) is 6.61 Å². The summed E-state index contributed by atoms with van der Waals surface area (Å²) in [5.74, 6) is 1.18. The average Bonchev–Trinajstić information content (AvgIpc) is 2.41. The first kappa shape index (κ1) is 7.39. The van der Waals surface area contributed by atoms with E-state index in [-0.39, 0.29) is 0 Å². The zero-order valence-electron chi connectivity index (χ0n) is 6.31. The molecule has 0 atom stereocenters. The van der Waals surface area contributed by atoms with Gasteiger partial charge in [-0.05, 0) is 18.9 Å². The quantitative estimate of drug-likeness (QED) is 0.428. The molecule has 0 spiro atoms.